The van der Waals surface area contributed by atoms with E-state index >= 15 is 17.6 Å². The summed E-state index contributed by atoms with van der Waals surface area (Å²) in [5, 5.41) is 0.247. The highest BCUT2D eigenvalue weighted by atomic mass is 19.3. The molecule has 0 amide bonds. The molecule has 48 heavy (non-hydrogen) atoms. The first-order valence-corrected chi connectivity index (χ1v) is 15.3. The normalized spacial score (nSPS) is 10.8. The van der Waals surface area contributed by atoms with Crippen LogP contribution in [0.25, 0.3) is 10.8 Å². The minimum absolute atomic E-state index is 0.121. The first-order chi connectivity index (χ1) is 22.8. The van der Waals surface area contributed by atoms with Crippen molar-refractivity contribution in [3.63, 3.8) is 0 Å². The van der Waals surface area contributed by atoms with E-state index in [1.807, 2.05) is 27.7 Å². The molecule has 0 heterocycles. The molecular formula is C38H40F4O6. The molecule has 4 aromatic carbocycles. The highest BCUT2D eigenvalue weighted by Gasteiger charge is 2.37. The fourth-order valence-electron chi connectivity index (χ4n) is 3.96. The molecule has 256 valence electrons. The standard InChI is InChI=1S/C34H28F4O6.2C2H6/c1-21(2)31(39)41-19-23-11-15-25(16-12-23)33(35,36)43-29-9-5-8-28-27(29)7-6-10-30(28)44-34(37,38)26-17-13-24(14-18-26)20-42-32(40)22(3)4;2*1-2/h5-18H,1,3,19-20H2,2,4H3;2*1-2H3. The van der Waals surface area contributed by atoms with Crippen LogP contribution in [0.4, 0.5) is 17.6 Å². The molecule has 0 spiro atoms. The van der Waals surface area contributed by atoms with Crippen molar-refractivity contribution < 1.29 is 46.1 Å². The van der Waals surface area contributed by atoms with Gasteiger partial charge in [-0.2, -0.15) is 17.6 Å². The van der Waals surface area contributed by atoms with E-state index < -0.39 is 35.3 Å². The summed E-state index contributed by atoms with van der Waals surface area (Å²) in [5.74, 6) is -1.71. The van der Waals surface area contributed by atoms with Crippen molar-refractivity contribution in [1.82, 2.24) is 0 Å². The number of carbonyl (C=O) groups is 2. The number of rotatable bonds is 12. The number of alkyl halides is 4. The first-order valence-electron chi connectivity index (χ1n) is 15.3. The van der Waals surface area contributed by atoms with Gasteiger partial charge < -0.3 is 18.9 Å². The van der Waals surface area contributed by atoms with E-state index in [0.717, 1.165) is 24.3 Å². The Morgan fingerprint density at radius 2 is 0.875 bits per heavy atom. The van der Waals surface area contributed by atoms with Crippen molar-refractivity contribution in [2.24, 2.45) is 0 Å². The smallest absolute Gasteiger partial charge is 0.426 e. The van der Waals surface area contributed by atoms with Crippen molar-refractivity contribution in [3.05, 3.63) is 131 Å². The van der Waals surface area contributed by atoms with Crippen LogP contribution in [-0.2, 0) is 44.5 Å². The topological polar surface area (TPSA) is 71.1 Å². The van der Waals surface area contributed by atoms with E-state index in [2.05, 4.69) is 13.2 Å². The summed E-state index contributed by atoms with van der Waals surface area (Å²) in [6, 6.07) is 18.3. The second-order valence-corrected chi connectivity index (χ2v) is 9.95. The third-order valence-corrected chi connectivity index (χ3v) is 6.34. The van der Waals surface area contributed by atoms with Gasteiger partial charge in [-0.3, -0.25) is 0 Å². The number of hydrogen-bond donors (Lipinski definition) is 0. The number of ether oxygens (including phenoxy) is 4. The van der Waals surface area contributed by atoms with Gasteiger partial charge in [0.15, 0.2) is 0 Å². The number of fused-ring (bicyclic) bond motifs is 1. The van der Waals surface area contributed by atoms with Gasteiger partial charge in [0.05, 0.1) is 11.1 Å². The molecule has 0 unspecified atom stereocenters. The molecule has 0 fully saturated rings. The Kier molecular flexibility index (Phi) is 14.4. The highest BCUT2D eigenvalue weighted by molar-refractivity contribution is 5.93. The van der Waals surface area contributed by atoms with E-state index in [0.29, 0.717) is 11.1 Å². The van der Waals surface area contributed by atoms with Crippen molar-refractivity contribution in [2.45, 2.75) is 67.0 Å². The fraction of sp³-hybridized carbons (Fsp3) is 0.263. The van der Waals surface area contributed by atoms with Crippen LogP contribution < -0.4 is 9.47 Å². The molecule has 4 rings (SSSR count). The highest BCUT2D eigenvalue weighted by Crippen LogP contribution is 2.40. The van der Waals surface area contributed by atoms with Gasteiger partial charge in [0, 0.05) is 21.9 Å². The monoisotopic (exact) mass is 668 g/mol. The Bertz CT molecular complexity index is 1570. The van der Waals surface area contributed by atoms with E-state index in [4.69, 9.17) is 18.9 Å². The lowest BCUT2D eigenvalue weighted by Gasteiger charge is -2.22. The van der Waals surface area contributed by atoms with Gasteiger partial charge in [-0.05, 0) is 61.4 Å². The average molecular weight is 669 g/mol. The molecule has 0 saturated heterocycles. The summed E-state index contributed by atoms with van der Waals surface area (Å²) < 4.78 is 81.0. The van der Waals surface area contributed by atoms with Crippen LogP contribution in [0.5, 0.6) is 11.5 Å². The van der Waals surface area contributed by atoms with Crippen molar-refractivity contribution >= 4 is 22.7 Å². The maximum atomic E-state index is 15.2. The van der Waals surface area contributed by atoms with Gasteiger partial charge in [0.1, 0.15) is 24.7 Å². The lowest BCUT2D eigenvalue weighted by Crippen LogP contribution is -2.22. The van der Waals surface area contributed by atoms with Gasteiger partial charge in [-0.15, -0.1) is 0 Å². The Labute approximate surface area is 278 Å². The first kappa shape index (κ1) is 39.1. The summed E-state index contributed by atoms with van der Waals surface area (Å²) in [7, 11) is 0. The molecule has 0 aliphatic carbocycles. The molecular weight excluding hydrogens is 628 g/mol. The van der Waals surface area contributed by atoms with Crippen LogP contribution in [0.15, 0.2) is 109 Å². The predicted molar refractivity (Wildman–Crippen MR) is 178 cm³/mol. The molecule has 0 saturated carbocycles. The summed E-state index contributed by atoms with van der Waals surface area (Å²) in [5.41, 5.74) is 0.440. The van der Waals surface area contributed by atoms with Crippen LogP contribution in [0, 0.1) is 0 Å². The molecule has 4 aromatic rings. The minimum atomic E-state index is -3.79. The Hall–Kier alpha value is -5.12. The van der Waals surface area contributed by atoms with Crippen LogP contribution in [0.2, 0.25) is 0 Å². The van der Waals surface area contributed by atoms with E-state index in [9.17, 15) is 9.59 Å². The molecule has 10 heteroatoms. The Morgan fingerprint density at radius 3 is 1.17 bits per heavy atom. The van der Waals surface area contributed by atoms with Crippen molar-refractivity contribution in [1.29, 1.82) is 0 Å². The lowest BCUT2D eigenvalue weighted by atomic mass is 10.1. The molecule has 0 atom stereocenters. The SMILES string of the molecule is C=C(C)C(=O)OCc1ccc(C(F)(F)Oc2cccc3c(OC(F)(F)c4ccc(COC(=O)C(=C)C)cc4)cccc23)cc1.CC.CC. The van der Waals surface area contributed by atoms with Crippen LogP contribution in [0.3, 0.4) is 0 Å². The maximum absolute atomic E-state index is 15.2. The van der Waals surface area contributed by atoms with Gasteiger partial charge in [0.2, 0.25) is 0 Å². The fourth-order valence-corrected chi connectivity index (χ4v) is 3.96. The summed E-state index contributed by atoms with van der Waals surface area (Å²) in [6.07, 6.45) is -7.58. The molecule has 0 aromatic heterocycles. The quantitative estimate of drug-likeness (QED) is 0.0850. The van der Waals surface area contributed by atoms with Crippen molar-refractivity contribution in [3.8, 4) is 11.5 Å². The lowest BCUT2D eigenvalue weighted by molar-refractivity contribution is -0.186. The minimum Gasteiger partial charge on any atom is -0.457 e. The zero-order chi connectivity index (χ0) is 36.1. The van der Waals surface area contributed by atoms with E-state index in [-0.39, 0.29) is 46.6 Å². The van der Waals surface area contributed by atoms with Gasteiger partial charge >= 0.3 is 24.2 Å². The molecule has 0 bridgehead atoms. The van der Waals surface area contributed by atoms with Crippen molar-refractivity contribution in [2.75, 3.05) is 0 Å². The Balaban J connectivity index is 0.00000193. The number of hydrogen-bond acceptors (Lipinski definition) is 6. The molecule has 0 aliphatic heterocycles. The van der Waals surface area contributed by atoms with E-state index in [1.54, 1.807) is 0 Å². The number of benzene rings is 4. The average Bonchev–Trinajstić information content (AvgIpc) is 3.08. The molecule has 0 radical (unpaired) electrons. The van der Waals surface area contributed by atoms with Gasteiger partial charge in [-0.25, -0.2) is 9.59 Å². The van der Waals surface area contributed by atoms with Crippen LogP contribution in [0.1, 0.15) is 63.8 Å². The maximum Gasteiger partial charge on any atom is 0.426 e. The second kappa shape index (κ2) is 17.7. The number of carbonyl (C=O) groups excluding carboxylic acids is 2. The molecule has 0 N–H and O–H groups in total. The van der Waals surface area contributed by atoms with Gasteiger partial charge in [0.25, 0.3) is 0 Å². The van der Waals surface area contributed by atoms with Crippen LogP contribution >= 0.6 is 0 Å². The van der Waals surface area contributed by atoms with E-state index in [1.165, 1.54) is 74.5 Å². The third kappa shape index (κ3) is 10.4. The summed E-state index contributed by atoms with van der Waals surface area (Å²) in [4.78, 5) is 23.1. The third-order valence-electron chi connectivity index (χ3n) is 6.34. The largest absolute Gasteiger partial charge is 0.457 e. The van der Waals surface area contributed by atoms with Gasteiger partial charge in [-0.1, -0.05) is 89.4 Å². The predicted octanol–water partition coefficient (Wildman–Crippen LogP) is 10.4. The summed E-state index contributed by atoms with van der Waals surface area (Å²) >= 11 is 0. The zero-order valence-corrected chi connectivity index (χ0v) is 27.9. The number of esters is 2. The van der Waals surface area contributed by atoms with Crippen LogP contribution in [-0.4, -0.2) is 11.9 Å². The molecule has 6 nitrogen and oxygen atoms in total. The second-order valence-electron chi connectivity index (χ2n) is 9.95. The summed E-state index contributed by atoms with van der Waals surface area (Å²) in [6.45, 7) is 17.7. The Morgan fingerprint density at radius 1 is 0.562 bits per heavy atom. The molecule has 0 aliphatic rings. The zero-order valence-electron chi connectivity index (χ0n) is 27.9. The number of halogens is 4.